The molecule has 344 valence electrons. The lowest BCUT2D eigenvalue weighted by atomic mass is 9.78. The fraction of sp³-hybridized carbons (Fsp3) is 0.169. The molecule has 0 bridgehead atoms. The zero-order chi connectivity index (χ0) is 53.6. The largest absolute Gasteiger partial charge is 0.458 e. The smallest absolute Gasteiger partial charge is 0.269 e. The Kier molecular flexibility index (Phi) is 9.47. The molecular weight excluding hydrogens is 853 g/mol. The highest BCUT2D eigenvalue weighted by molar-refractivity contribution is 6.10. The molecule has 0 saturated carbocycles. The number of nitrogens with zero attached hydrogens (tertiary/aromatic N) is 4. The molecule has 0 radical (unpaired) electrons. The third-order valence-corrected chi connectivity index (χ3v) is 13.3. The maximum absolute atomic E-state index is 9.24. The van der Waals surface area contributed by atoms with Crippen molar-refractivity contribution >= 4 is 32.8 Å². The van der Waals surface area contributed by atoms with Crippen LogP contribution < -0.4 is 9.30 Å². The highest BCUT2D eigenvalue weighted by Crippen LogP contribution is 2.41. The average molecular weight is 917 g/mol. The first-order valence-corrected chi connectivity index (χ1v) is 23.9. The fourth-order valence-corrected chi connectivity index (χ4v) is 9.47. The number of hydrogen-bond donors (Lipinski definition) is 0. The SMILES string of the molecule is [2H]c1c([2H])c([2H])c(-c2cccc(-c3cc(C(C)(C)C)cc(C(C)(C)C)c3)c2-[n+]2[c-]n(-c3cccc(Oc4ccc5c6cc(-c7ccccc7)ccc6n(-c6cc(C([2H])(C)C)ccn6)c5c4)c3)c3ccccc32)c([2H])c1[2H]. The van der Waals surface area contributed by atoms with Crippen LogP contribution in [-0.2, 0) is 10.8 Å². The molecule has 0 N–H and O–H groups in total. The number of para-hydroxylation sites is 3. The summed E-state index contributed by atoms with van der Waals surface area (Å²) < 4.78 is 66.2. The summed E-state index contributed by atoms with van der Waals surface area (Å²) in [5, 5.41) is 2.10. The summed E-state index contributed by atoms with van der Waals surface area (Å²) in [6.45, 7) is 17.0. The van der Waals surface area contributed by atoms with Crippen molar-refractivity contribution in [2.75, 3.05) is 0 Å². The van der Waals surface area contributed by atoms with Gasteiger partial charge in [-0.1, -0.05) is 189 Å². The predicted molar refractivity (Wildman–Crippen MR) is 290 cm³/mol. The van der Waals surface area contributed by atoms with Crippen LogP contribution in [0, 0.1) is 6.33 Å². The molecule has 0 atom stereocenters. The normalized spacial score (nSPS) is 13.5. The zero-order valence-corrected chi connectivity index (χ0v) is 40.9. The van der Waals surface area contributed by atoms with Crippen molar-refractivity contribution in [1.29, 1.82) is 0 Å². The monoisotopic (exact) mass is 916 g/mol. The molecule has 3 heterocycles. The Morgan fingerprint density at radius 3 is 2.01 bits per heavy atom. The molecule has 0 saturated heterocycles. The van der Waals surface area contributed by atoms with Crippen molar-refractivity contribution in [3.8, 4) is 62.1 Å². The number of hydrogen-bond acceptors (Lipinski definition) is 2. The summed E-state index contributed by atoms with van der Waals surface area (Å²) >= 11 is 0. The maximum Gasteiger partial charge on any atom is 0.269 e. The number of pyridine rings is 1. The lowest BCUT2D eigenvalue weighted by molar-refractivity contribution is -0.571. The summed E-state index contributed by atoms with van der Waals surface area (Å²) in [5.41, 5.74) is 12.2. The van der Waals surface area contributed by atoms with Gasteiger partial charge >= 0.3 is 0 Å². The Morgan fingerprint density at radius 2 is 1.27 bits per heavy atom. The van der Waals surface area contributed by atoms with Gasteiger partial charge in [-0.25, -0.2) is 4.98 Å². The molecule has 0 aliphatic heterocycles. The zero-order valence-electron chi connectivity index (χ0n) is 46.9. The Bertz CT molecular complexity index is 4040. The molecule has 11 rings (SSSR count). The van der Waals surface area contributed by atoms with Crippen LogP contribution in [0.2, 0.25) is 0 Å². The number of rotatable bonds is 9. The Morgan fingerprint density at radius 1 is 0.571 bits per heavy atom. The van der Waals surface area contributed by atoms with Crippen molar-refractivity contribution in [2.45, 2.75) is 72.1 Å². The number of fused-ring (bicyclic) bond motifs is 4. The molecule has 11 aromatic rings. The summed E-state index contributed by atoms with van der Waals surface area (Å²) in [5.74, 6) is 1.09. The first-order valence-electron chi connectivity index (χ1n) is 26.9. The van der Waals surface area contributed by atoms with Gasteiger partial charge in [-0.3, -0.25) is 13.7 Å². The van der Waals surface area contributed by atoms with Gasteiger partial charge < -0.3 is 4.74 Å². The van der Waals surface area contributed by atoms with Gasteiger partial charge in [0.05, 0.1) is 40.3 Å². The van der Waals surface area contributed by atoms with Crippen molar-refractivity contribution in [1.82, 2.24) is 14.1 Å². The predicted octanol–water partition coefficient (Wildman–Crippen LogP) is 16.7. The van der Waals surface area contributed by atoms with Crippen molar-refractivity contribution in [3.63, 3.8) is 0 Å². The minimum Gasteiger partial charge on any atom is -0.458 e. The Balaban J connectivity index is 1.08. The molecular formula is C65H58N4O. The first kappa shape index (κ1) is 37.9. The van der Waals surface area contributed by atoms with Crippen LogP contribution in [0.1, 0.15) is 86.2 Å². The van der Waals surface area contributed by atoms with Gasteiger partial charge in [-0.15, -0.1) is 0 Å². The molecule has 3 aromatic heterocycles. The number of ether oxygens (including phenoxy) is 1. The lowest BCUT2D eigenvalue weighted by Crippen LogP contribution is -2.31. The van der Waals surface area contributed by atoms with Crippen LogP contribution in [0.3, 0.4) is 0 Å². The fourth-order valence-electron chi connectivity index (χ4n) is 9.47. The van der Waals surface area contributed by atoms with Gasteiger partial charge in [0.2, 0.25) is 0 Å². The summed E-state index contributed by atoms with van der Waals surface area (Å²) in [6, 6.07) is 53.4. The van der Waals surface area contributed by atoms with Crippen LogP contribution in [-0.4, -0.2) is 14.1 Å². The quantitative estimate of drug-likeness (QED) is 0.107. The minimum absolute atomic E-state index is 0.107. The summed E-state index contributed by atoms with van der Waals surface area (Å²) in [6.07, 6.45) is 5.47. The third kappa shape index (κ3) is 8.26. The van der Waals surface area contributed by atoms with Gasteiger partial charge in [0.1, 0.15) is 17.3 Å². The summed E-state index contributed by atoms with van der Waals surface area (Å²) in [7, 11) is 0. The van der Waals surface area contributed by atoms with Gasteiger partial charge in [0.15, 0.2) is 0 Å². The maximum atomic E-state index is 9.24. The second-order valence-corrected chi connectivity index (χ2v) is 20.4. The molecule has 0 fully saturated rings. The molecule has 0 aliphatic rings. The first-order chi connectivity index (χ1) is 36.2. The molecule has 70 heavy (non-hydrogen) atoms. The summed E-state index contributed by atoms with van der Waals surface area (Å²) in [4.78, 5) is 4.86. The van der Waals surface area contributed by atoms with Crippen LogP contribution in [0.25, 0.3) is 83.4 Å². The van der Waals surface area contributed by atoms with E-state index in [0.717, 1.165) is 77.5 Å². The van der Waals surface area contributed by atoms with Crippen LogP contribution >= 0.6 is 0 Å². The van der Waals surface area contributed by atoms with E-state index >= 15 is 0 Å². The standard InChI is InChI=1S/C65H58N4O/c1-43(2)46-33-34-66-62(38-46)69-58-32-29-47(44-19-11-9-12-20-44)37-57(58)56-31-30-53(41-61(56)69)70-52-24-17-23-51(40-52)67-42-68(60-28-16-15-27-59(60)67)63-54(45-21-13-10-14-22-45)25-18-26-55(63)48-35-49(64(3,4)5)39-50(36-48)65(6,7)8/h9-41,43H,1-8H3/i10D,13D,14D,21D,22D,43D. The van der Waals surface area contributed by atoms with E-state index in [2.05, 4.69) is 107 Å². The van der Waals surface area contributed by atoms with Crippen molar-refractivity contribution < 1.29 is 17.5 Å². The minimum atomic E-state index is -0.831. The van der Waals surface area contributed by atoms with Crippen LogP contribution in [0.15, 0.2) is 200 Å². The highest BCUT2D eigenvalue weighted by atomic mass is 16.5. The number of aromatic nitrogens is 4. The van der Waals surface area contributed by atoms with E-state index in [1.807, 2.05) is 132 Å². The highest BCUT2D eigenvalue weighted by Gasteiger charge is 2.25. The molecule has 5 heteroatoms. The second-order valence-electron chi connectivity index (χ2n) is 20.4. The van der Waals surface area contributed by atoms with Gasteiger partial charge in [0, 0.05) is 24.4 Å². The molecule has 0 unspecified atom stereocenters. The third-order valence-electron chi connectivity index (χ3n) is 13.3. The molecule has 0 spiro atoms. The van der Waals surface area contributed by atoms with E-state index in [1.54, 1.807) is 6.20 Å². The van der Waals surface area contributed by atoms with Crippen molar-refractivity contribution in [2.24, 2.45) is 0 Å². The molecule has 8 aromatic carbocycles. The average Bonchev–Trinajstić information content (AvgIpc) is 3.98. The van der Waals surface area contributed by atoms with Gasteiger partial charge in [-0.05, 0) is 121 Å². The number of imidazole rings is 1. The molecule has 0 aliphatic carbocycles. The Hall–Kier alpha value is -8.02. The van der Waals surface area contributed by atoms with E-state index < -0.39 is 24.0 Å². The van der Waals surface area contributed by atoms with Crippen molar-refractivity contribution in [3.05, 3.63) is 223 Å². The van der Waals surface area contributed by atoms with Crippen LogP contribution in [0.5, 0.6) is 11.5 Å². The van der Waals surface area contributed by atoms with Gasteiger partial charge in [0.25, 0.3) is 6.33 Å². The van der Waals surface area contributed by atoms with Crippen LogP contribution in [0.4, 0.5) is 0 Å². The molecule has 0 amide bonds. The number of benzene rings is 8. The van der Waals surface area contributed by atoms with E-state index in [4.69, 9.17) is 15.2 Å². The van der Waals surface area contributed by atoms with E-state index in [0.29, 0.717) is 28.6 Å². The van der Waals surface area contributed by atoms with E-state index in [1.165, 1.54) is 0 Å². The lowest BCUT2D eigenvalue weighted by Gasteiger charge is -2.27. The second kappa shape index (κ2) is 17.5. The van der Waals surface area contributed by atoms with E-state index in [-0.39, 0.29) is 28.5 Å². The topological polar surface area (TPSA) is 35.9 Å². The molecule has 5 nitrogen and oxygen atoms in total. The van der Waals surface area contributed by atoms with Gasteiger partial charge in [-0.2, -0.15) is 0 Å². The van der Waals surface area contributed by atoms with E-state index in [9.17, 15) is 2.74 Å². The Labute approximate surface area is 420 Å².